The molecule has 1 aliphatic rings. The number of piperazine rings is 1. The van der Waals surface area contributed by atoms with Crippen molar-refractivity contribution in [2.24, 2.45) is 0 Å². The molecule has 0 aliphatic carbocycles. The van der Waals surface area contributed by atoms with Gasteiger partial charge in [0.25, 0.3) is 0 Å². The van der Waals surface area contributed by atoms with Gasteiger partial charge in [0.2, 0.25) is 0 Å². The Morgan fingerprint density at radius 2 is 1.70 bits per heavy atom. The minimum Gasteiger partial charge on any atom is -0.369 e. The van der Waals surface area contributed by atoms with E-state index in [1.807, 2.05) is 37.3 Å². The molecule has 0 atom stereocenters. The molecule has 0 aromatic heterocycles. The van der Waals surface area contributed by atoms with Gasteiger partial charge in [-0.05, 0) is 36.3 Å². The van der Waals surface area contributed by atoms with Crippen LogP contribution in [-0.4, -0.2) is 26.2 Å². The second-order valence-corrected chi connectivity index (χ2v) is 5.86. The van der Waals surface area contributed by atoms with Crippen LogP contribution in [0.2, 0.25) is 0 Å². The van der Waals surface area contributed by atoms with E-state index in [2.05, 4.69) is 40.6 Å². The van der Waals surface area contributed by atoms with Crippen LogP contribution in [0.3, 0.4) is 0 Å². The van der Waals surface area contributed by atoms with Crippen LogP contribution in [0.1, 0.15) is 16.7 Å². The fourth-order valence-electron chi connectivity index (χ4n) is 2.78. The molecule has 2 aromatic carbocycles. The van der Waals surface area contributed by atoms with Gasteiger partial charge in [-0.3, -0.25) is 0 Å². The molecule has 0 spiro atoms. The first kappa shape index (κ1) is 15.3. The van der Waals surface area contributed by atoms with Crippen molar-refractivity contribution in [2.75, 3.05) is 31.1 Å². The summed E-state index contributed by atoms with van der Waals surface area (Å²) >= 11 is 0. The van der Waals surface area contributed by atoms with Crippen molar-refractivity contribution in [3.05, 3.63) is 65.2 Å². The van der Waals surface area contributed by atoms with Crippen LogP contribution < -0.4 is 10.2 Å². The van der Waals surface area contributed by atoms with E-state index in [4.69, 9.17) is 0 Å². The highest BCUT2D eigenvalue weighted by Gasteiger charge is 2.09. The summed E-state index contributed by atoms with van der Waals surface area (Å²) in [6, 6.07) is 18.8. The third-order valence-corrected chi connectivity index (χ3v) is 4.17. The summed E-state index contributed by atoms with van der Waals surface area (Å²) in [6.07, 6.45) is 1.95. The van der Waals surface area contributed by atoms with E-state index in [1.165, 1.54) is 11.3 Å². The molecule has 1 heterocycles. The molecule has 1 fully saturated rings. The number of aryl methyl sites for hydroxylation is 1. The zero-order valence-electron chi connectivity index (χ0n) is 13.4. The molecule has 3 rings (SSSR count). The van der Waals surface area contributed by atoms with Crippen LogP contribution in [0.5, 0.6) is 0 Å². The lowest BCUT2D eigenvalue weighted by Gasteiger charge is -2.29. The Morgan fingerprint density at radius 1 is 1.04 bits per heavy atom. The third-order valence-electron chi connectivity index (χ3n) is 4.17. The van der Waals surface area contributed by atoms with Crippen molar-refractivity contribution < 1.29 is 0 Å². The summed E-state index contributed by atoms with van der Waals surface area (Å²) in [6.45, 7) is 6.21. The monoisotopic (exact) mass is 303 g/mol. The normalized spacial score (nSPS) is 15.3. The van der Waals surface area contributed by atoms with E-state index in [0.29, 0.717) is 5.57 Å². The maximum Gasteiger partial charge on any atom is 0.0998 e. The smallest absolute Gasteiger partial charge is 0.0998 e. The molecule has 0 amide bonds. The SMILES string of the molecule is Cc1ccc(C(C#N)=Cc2ccc(N3CCNCC3)cc2)cc1. The number of anilines is 1. The summed E-state index contributed by atoms with van der Waals surface area (Å²) in [7, 11) is 0. The number of allylic oxidation sites excluding steroid dienone is 1. The van der Waals surface area contributed by atoms with Gasteiger partial charge in [-0.2, -0.15) is 5.26 Å². The van der Waals surface area contributed by atoms with Crippen molar-refractivity contribution >= 4 is 17.3 Å². The number of nitrogens with one attached hydrogen (secondary N) is 1. The Morgan fingerprint density at radius 3 is 2.30 bits per heavy atom. The summed E-state index contributed by atoms with van der Waals surface area (Å²) < 4.78 is 0. The Balaban J connectivity index is 1.80. The van der Waals surface area contributed by atoms with Crippen LogP contribution in [0.4, 0.5) is 5.69 Å². The minimum absolute atomic E-state index is 0.694. The van der Waals surface area contributed by atoms with Crippen LogP contribution in [-0.2, 0) is 0 Å². The summed E-state index contributed by atoms with van der Waals surface area (Å²) in [5.41, 5.74) is 5.16. The molecule has 3 nitrogen and oxygen atoms in total. The summed E-state index contributed by atoms with van der Waals surface area (Å²) in [5.74, 6) is 0. The number of benzene rings is 2. The van der Waals surface area contributed by atoms with Crippen molar-refractivity contribution in [2.45, 2.75) is 6.92 Å². The average molecular weight is 303 g/mol. The van der Waals surface area contributed by atoms with Crippen molar-refractivity contribution in [3.63, 3.8) is 0 Å². The molecule has 1 saturated heterocycles. The number of nitriles is 1. The fraction of sp³-hybridized carbons (Fsp3) is 0.250. The van der Waals surface area contributed by atoms with Crippen molar-refractivity contribution in [1.29, 1.82) is 5.26 Å². The first-order chi connectivity index (χ1) is 11.3. The first-order valence-electron chi connectivity index (χ1n) is 8.01. The molecule has 0 bridgehead atoms. The zero-order chi connectivity index (χ0) is 16.1. The molecule has 1 aliphatic heterocycles. The van der Waals surface area contributed by atoms with Gasteiger partial charge in [0.05, 0.1) is 11.6 Å². The van der Waals surface area contributed by atoms with Gasteiger partial charge in [0, 0.05) is 31.9 Å². The molecule has 23 heavy (non-hydrogen) atoms. The molecular weight excluding hydrogens is 282 g/mol. The van der Waals surface area contributed by atoms with Crippen molar-refractivity contribution in [1.82, 2.24) is 5.32 Å². The van der Waals surface area contributed by atoms with E-state index in [1.54, 1.807) is 0 Å². The van der Waals surface area contributed by atoms with Crippen LogP contribution in [0, 0.1) is 18.3 Å². The average Bonchev–Trinajstić information content (AvgIpc) is 2.62. The molecule has 0 radical (unpaired) electrons. The fourth-order valence-corrected chi connectivity index (χ4v) is 2.78. The molecular formula is C20H21N3. The highest BCUT2D eigenvalue weighted by molar-refractivity contribution is 5.89. The van der Waals surface area contributed by atoms with Gasteiger partial charge < -0.3 is 10.2 Å². The van der Waals surface area contributed by atoms with Gasteiger partial charge in [0.1, 0.15) is 0 Å². The van der Waals surface area contributed by atoms with E-state index >= 15 is 0 Å². The van der Waals surface area contributed by atoms with Crippen LogP contribution in [0.25, 0.3) is 11.6 Å². The molecule has 3 heteroatoms. The number of nitrogens with zero attached hydrogens (tertiary/aromatic N) is 2. The standard InChI is InChI=1S/C20H21N3/c1-16-2-6-18(7-3-16)19(15-21)14-17-4-8-20(9-5-17)23-12-10-22-11-13-23/h2-9,14,22H,10-13H2,1H3. The van der Waals surface area contributed by atoms with E-state index in [9.17, 15) is 5.26 Å². The maximum atomic E-state index is 9.44. The summed E-state index contributed by atoms with van der Waals surface area (Å²) in [4.78, 5) is 2.38. The van der Waals surface area contributed by atoms with Crippen molar-refractivity contribution in [3.8, 4) is 6.07 Å². The number of hydrogen-bond donors (Lipinski definition) is 1. The largest absolute Gasteiger partial charge is 0.369 e. The van der Waals surface area contributed by atoms with Crippen LogP contribution in [0.15, 0.2) is 48.5 Å². The van der Waals surface area contributed by atoms with Gasteiger partial charge in [-0.25, -0.2) is 0 Å². The van der Waals surface area contributed by atoms with E-state index in [-0.39, 0.29) is 0 Å². The van der Waals surface area contributed by atoms with Gasteiger partial charge in [-0.15, -0.1) is 0 Å². The Labute approximate surface area is 137 Å². The first-order valence-corrected chi connectivity index (χ1v) is 8.01. The molecule has 116 valence electrons. The quantitative estimate of drug-likeness (QED) is 0.697. The van der Waals surface area contributed by atoms with Gasteiger partial charge in [-0.1, -0.05) is 42.0 Å². The Bertz CT molecular complexity index is 715. The Hall–Kier alpha value is -2.57. The predicted molar refractivity (Wildman–Crippen MR) is 96.2 cm³/mol. The number of rotatable bonds is 3. The maximum absolute atomic E-state index is 9.44. The van der Waals surface area contributed by atoms with E-state index < -0.39 is 0 Å². The van der Waals surface area contributed by atoms with Gasteiger partial charge >= 0.3 is 0 Å². The second-order valence-electron chi connectivity index (χ2n) is 5.86. The second kappa shape index (κ2) is 7.13. The van der Waals surface area contributed by atoms with Gasteiger partial charge in [0.15, 0.2) is 0 Å². The predicted octanol–water partition coefficient (Wildman–Crippen LogP) is 3.47. The van der Waals surface area contributed by atoms with Crippen LogP contribution >= 0.6 is 0 Å². The molecule has 0 unspecified atom stereocenters. The molecule has 2 aromatic rings. The molecule has 0 saturated carbocycles. The number of hydrogen-bond acceptors (Lipinski definition) is 3. The topological polar surface area (TPSA) is 39.1 Å². The highest BCUT2D eigenvalue weighted by atomic mass is 15.2. The minimum atomic E-state index is 0.694. The lowest BCUT2D eigenvalue weighted by atomic mass is 10.0. The lowest BCUT2D eigenvalue weighted by molar-refractivity contribution is 0.589. The zero-order valence-corrected chi connectivity index (χ0v) is 13.4. The lowest BCUT2D eigenvalue weighted by Crippen LogP contribution is -2.43. The highest BCUT2D eigenvalue weighted by Crippen LogP contribution is 2.21. The third kappa shape index (κ3) is 3.80. The summed E-state index contributed by atoms with van der Waals surface area (Å²) in [5, 5.41) is 12.8. The van der Waals surface area contributed by atoms with E-state index in [0.717, 1.165) is 37.3 Å². The molecule has 1 N–H and O–H groups in total. The Kier molecular flexibility index (Phi) is 4.75.